The van der Waals surface area contributed by atoms with E-state index in [4.69, 9.17) is 0 Å². The number of hydrogen-bond acceptors (Lipinski definition) is 4. The molecule has 3 aromatic rings. The van der Waals surface area contributed by atoms with Crippen molar-refractivity contribution in [1.29, 1.82) is 0 Å². The van der Waals surface area contributed by atoms with Gasteiger partial charge in [0.1, 0.15) is 5.75 Å². The van der Waals surface area contributed by atoms with Crippen molar-refractivity contribution in [2.75, 3.05) is 27.2 Å². The minimum absolute atomic E-state index is 0.0323. The molecule has 0 bridgehead atoms. The Morgan fingerprint density at radius 1 is 1.21 bits per heavy atom. The number of para-hydroxylation sites is 1. The zero-order valence-electron chi connectivity index (χ0n) is 13.6. The molecule has 1 amide bonds. The van der Waals surface area contributed by atoms with E-state index in [9.17, 15) is 14.7 Å². The number of likely N-dealkylation sites (N-methyl/N-ethyl adjacent to an activating group) is 1. The molecule has 0 aliphatic carbocycles. The monoisotopic (exact) mass is 325 g/mol. The number of rotatable bonds is 4. The third-order valence-electron chi connectivity index (χ3n) is 3.91. The van der Waals surface area contributed by atoms with E-state index >= 15 is 0 Å². The highest BCUT2D eigenvalue weighted by molar-refractivity contribution is 6.07. The normalized spacial score (nSPS) is 11.3. The lowest BCUT2D eigenvalue weighted by atomic mass is 10.1. The van der Waals surface area contributed by atoms with Crippen molar-refractivity contribution >= 4 is 27.7 Å². The maximum atomic E-state index is 12.6. The van der Waals surface area contributed by atoms with Gasteiger partial charge in [0.15, 0.2) is 5.43 Å². The summed E-state index contributed by atoms with van der Waals surface area (Å²) >= 11 is 0. The van der Waals surface area contributed by atoms with Crippen LogP contribution in [0.4, 0.5) is 0 Å². The molecule has 0 aliphatic heterocycles. The molecule has 3 rings (SSSR count). The predicted molar refractivity (Wildman–Crippen MR) is 94.6 cm³/mol. The van der Waals surface area contributed by atoms with Crippen molar-refractivity contribution in [3.63, 3.8) is 0 Å². The van der Waals surface area contributed by atoms with Crippen LogP contribution >= 0.6 is 0 Å². The molecule has 0 aliphatic rings. The van der Waals surface area contributed by atoms with Crippen molar-refractivity contribution in [2.45, 2.75) is 0 Å². The lowest BCUT2D eigenvalue weighted by Gasteiger charge is -2.12. The van der Waals surface area contributed by atoms with E-state index in [1.807, 2.05) is 19.0 Å². The number of nitrogens with one attached hydrogen (secondary N) is 2. The quantitative estimate of drug-likeness (QED) is 0.637. The summed E-state index contributed by atoms with van der Waals surface area (Å²) in [7, 11) is 3.87. The number of hydrogen-bond donors (Lipinski definition) is 3. The number of phenols is 1. The van der Waals surface area contributed by atoms with Crippen molar-refractivity contribution in [1.82, 2.24) is 15.2 Å². The van der Waals surface area contributed by atoms with E-state index in [1.165, 1.54) is 12.1 Å². The fourth-order valence-electron chi connectivity index (χ4n) is 2.66. The second kappa shape index (κ2) is 6.33. The lowest BCUT2D eigenvalue weighted by molar-refractivity contribution is 0.0952. The average molecular weight is 325 g/mol. The molecule has 0 saturated heterocycles. The summed E-state index contributed by atoms with van der Waals surface area (Å²) < 4.78 is 0. The highest BCUT2D eigenvalue weighted by atomic mass is 16.3. The fourth-order valence-corrected chi connectivity index (χ4v) is 2.66. The van der Waals surface area contributed by atoms with E-state index < -0.39 is 0 Å². The highest BCUT2D eigenvalue weighted by Crippen LogP contribution is 2.21. The summed E-state index contributed by atoms with van der Waals surface area (Å²) in [6.07, 6.45) is 0. The van der Waals surface area contributed by atoms with Gasteiger partial charge in [-0.2, -0.15) is 0 Å². The number of aromatic hydroxyl groups is 1. The van der Waals surface area contributed by atoms with E-state index in [1.54, 1.807) is 24.3 Å². The lowest BCUT2D eigenvalue weighted by Crippen LogP contribution is -2.31. The van der Waals surface area contributed by atoms with Gasteiger partial charge in [-0.25, -0.2) is 0 Å². The van der Waals surface area contributed by atoms with E-state index in [2.05, 4.69) is 10.3 Å². The number of amides is 1. The summed E-state index contributed by atoms with van der Waals surface area (Å²) in [5, 5.41) is 13.3. The first-order valence-electron chi connectivity index (χ1n) is 7.68. The number of carbonyl (C=O) groups excluding carboxylic acids is 1. The van der Waals surface area contributed by atoms with Crippen molar-refractivity contribution in [3.8, 4) is 5.75 Å². The molecular weight excluding hydrogens is 306 g/mol. The third-order valence-corrected chi connectivity index (χ3v) is 3.91. The molecule has 2 aromatic carbocycles. The number of aromatic nitrogens is 1. The van der Waals surface area contributed by atoms with E-state index in [0.29, 0.717) is 33.9 Å². The molecule has 0 atom stereocenters. The summed E-state index contributed by atoms with van der Waals surface area (Å²) in [5.74, 6) is -0.193. The predicted octanol–water partition coefficient (Wildman–Crippen LogP) is 1.68. The average Bonchev–Trinajstić information content (AvgIpc) is 2.55. The van der Waals surface area contributed by atoms with Crippen LogP contribution in [0.2, 0.25) is 0 Å². The topological polar surface area (TPSA) is 85.4 Å². The molecule has 0 saturated carbocycles. The van der Waals surface area contributed by atoms with Gasteiger partial charge in [0.05, 0.1) is 16.6 Å². The van der Waals surface area contributed by atoms with E-state index in [0.717, 1.165) is 6.54 Å². The largest absolute Gasteiger partial charge is 0.508 e. The minimum Gasteiger partial charge on any atom is -0.508 e. The molecule has 6 heteroatoms. The Kier molecular flexibility index (Phi) is 4.22. The molecule has 1 heterocycles. The fraction of sp³-hybridized carbons (Fsp3) is 0.222. The Bertz CT molecular complexity index is 976. The van der Waals surface area contributed by atoms with Crippen LogP contribution in [0.3, 0.4) is 0 Å². The van der Waals surface area contributed by atoms with Crippen LogP contribution in [0.15, 0.2) is 41.2 Å². The molecule has 0 fully saturated rings. The Morgan fingerprint density at radius 2 is 2.00 bits per heavy atom. The number of phenolic OH excluding ortho intramolecular Hbond substituents is 1. The summed E-state index contributed by atoms with van der Waals surface area (Å²) in [6.45, 7) is 1.25. The third kappa shape index (κ3) is 2.96. The van der Waals surface area contributed by atoms with Gasteiger partial charge in [-0.05, 0) is 44.4 Å². The molecular formula is C18H19N3O3. The first-order chi connectivity index (χ1) is 11.5. The van der Waals surface area contributed by atoms with Crippen LogP contribution in [0, 0.1) is 0 Å². The van der Waals surface area contributed by atoms with Gasteiger partial charge in [-0.15, -0.1) is 0 Å². The Balaban J connectivity index is 2.10. The smallest absolute Gasteiger partial charge is 0.253 e. The SMILES string of the molecule is CN(C)CCNC(=O)c1cccc2c(=O)c3cc(O)ccc3[nH]c12. The standard InChI is InChI=1S/C18H19N3O3/c1-21(2)9-8-19-18(24)13-5-3-4-12-16(13)20-15-7-6-11(22)10-14(15)17(12)23/h3-7,10,22H,8-9H2,1-2H3,(H,19,24)(H,20,23). The number of pyridine rings is 1. The maximum Gasteiger partial charge on any atom is 0.253 e. The summed E-state index contributed by atoms with van der Waals surface area (Å²) in [5.41, 5.74) is 1.30. The number of aromatic amines is 1. The van der Waals surface area contributed by atoms with Gasteiger partial charge in [-0.3, -0.25) is 9.59 Å². The van der Waals surface area contributed by atoms with Crippen LogP contribution in [0.1, 0.15) is 10.4 Å². The molecule has 0 unspecified atom stereocenters. The Morgan fingerprint density at radius 3 is 2.75 bits per heavy atom. The minimum atomic E-state index is -0.226. The maximum absolute atomic E-state index is 12.6. The van der Waals surface area contributed by atoms with Crippen LogP contribution in [-0.4, -0.2) is 48.1 Å². The van der Waals surface area contributed by atoms with Crippen LogP contribution in [0.5, 0.6) is 5.75 Å². The Hall–Kier alpha value is -2.86. The van der Waals surface area contributed by atoms with E-state index in [-0.39, 0.29) is 17.1 Å². The van der Waals surface area contributed by atoms with Gasteiger partial charge in [0.2, 0.25) is 0 Å². The van der Waals surface area contributed by atoms with Crippen molar-refractivity contribution < 1.29 is 9.90 Å². The molecule has 0 radical (unpaired) electrons. The number of nitrogens with zero attached hydrogens (tertiary/aromatic N) is 1. The van der Waals surface area contributed by atoms with Gasteiger partial charge in [-0.1, -0.05) is 6.07 Å². The summed E-state index contributed by atoms with van der Waals surface area (Å²) in [6, 6.07) is 9.62. The van der Waals surface area contributed by atoms with Crippen LogP contribution in [0.25, 0.3) is 21.8 Å². The first-order valence-corrected chi connectivity index (χ1v) is 7.68. The molecule has 6 nitrogen and oxygen atoms in total. The van der Waals surface area contributed by atoms with Gasteiger partial charge in [0.25, 0.3) is 5.91 Å². The van der Waals surface area contributed by atoms with Crippen LogP contribution < -0.4 is 10.7 Å². The number of H-pyrrole nitrogens is 1. The highest BCUT2D eigenvalue weighted by Gasteiger charge is 2.14. The van der Waals surface area contributed by atoms with Crippen LogP contribution in [-0.2, 0) is 0 Å². The summed E-state index contributed by atoms with van der Waals surface area (Å²) in [4.78, 5) is 30.2. The number of benzene rings is 2. The molecule has 124 valence electrons. The second-order valence-corrected chi connectivity index (χ2v) is 5.97. The van der Waals surface area contributed by atoms with Gasteiger partial charge < -0.3 is 20.3 Å². The first kappa shape index (κ1) is 16.0. The molecule has 1 aromatic heterocycles. The zero-order valence-corrected chi connectivity index (χ0v) is 13.6. The van der Waals surface area contributed by atoms with Crippen molar-refractivity contribution in [3.05, 3.63) is 52.2 Å². The number of fused-ring (bicyclic) bond motifs is 2. The number of carbonyl (C=O) groups is 1. The molecule has 24 heavy (non-hydrogen) atoms. The molecule has 0 spiro atoms. The zero-order chi connectivity index (χ0) is 17.3. The molecule has 3 N–H and O–H groups in total. The Labute approximate surface area is 138 Å². The van der Waals surface area contributed by atoms with Gasteiger partial charge in [0, 0.05) is 23.9 Å². The van der Waals surface area contributed by atoms with Gasteiger partial charge >= 0.3 is 0 Å². The second-order valence-electron chi connectivity index (χ2n) is 5.97. The van der Waals surface area contributed by atoms with Crippen molar-refractivity contribution in [2.24, 2.45) is 0 Å².